The number of rotatable bonds is 10. The Bertz CT molecular complexity index is 1500. The van der Waals surface area contributed by atoms with E-state index in [1.54, 1.807) is 33.2 Å². The molecule has 1 saturated heterocycles. The number of hydrogen-bond donors (Lipinski definition) is 3. The van der Waals surface area contributed by atoms with Crippen LogP contribution in [0.1, 0.15) is 76.1 Å². The first kappa shape index (κ1) is 32.1. The average molecular weight is 618 g/mol. The van der Waals surface area contributed by atoms with Crippen molar-refractivity contribution in [2.75, 3.05) is 47.0 Å². The smallest absolute Gasteiger partial charge is 0.311 e. The molecule has 0 spiro atoms. The number of halogens is 1. The van der Waals surface area contributed by atoms with Crippen LogP contribution in [0.25, 0.3) is 0 Å². The number of aromatic nitrogens is 3. The van der Waals surface area contributed by atoms with Gasteiger partial charge in [-0.3, -0.25) is 9.59 Å². The summed E-state index contributed by atoms with van der Waals surface area (Å²) in [5.41, 5.74) is 3.02. The summed E-state index contributed by atoms with van der Waals surface area (Å²) in [6.07, 6.45) is 6.27. The highest BCUT2D eigenvalue weighted by Gasteiger charge is 2.29. The van der Waals surface area contributed by atoms with Gasteiger partial charge in [0.25, 0.3) is 0 Å². The predicted molar refractivity (Wildman–Crippen MR) is 174 cm³/mol. The molecule has 1 amide bonds. The van der Waals surface area contributed by atoms with Crippen molar-refractivity contribution in [2.24, 2.45) is 5.92 Å². The Morgan fingerprint density at radius 2 is 1.96 bits per heavy atom. The first-order valence-electron chi connectivity index (χ1n) is 15.9. The summed E-state index contributed by atoms with van der Waals surface area (Å²) in [7, 11) is 0. The van der Waals surface area contributed by atoms with E-state index in [-0.39, 0.29) is 13.0 Å². The molecule has 1 fully saturated rings. The molecule has 5 rings (SSSR count). The lowest BCUT2D eigenvalue weighted by Crippen LogP contribution is -2.35. The van der Waals surface area contributed by atoms with E-state index >= 15 is 0 Å². The summed E-state index contributed by atoms with van der Waals surface area (Å²) in [6.45, 7) is 10.2. The molecule has 2 aliphatic rings. The molecule has 10 nitrogen and oxygen atoms in total. The van der Waals surface area contributed by atoms with Gasteiger partial charge in [-0.2, -0.15) is 0 Å². The van der Waals surface area contributed by atoms with Gasteiger partial charge < -0.3 is 25.6 Å². The highest BCUT2D eigenvalue weighted by atomic mass is 19.1. The van der Waals surface area contributed by atoms with Gasteiger partial charge in [-0.05, 0) is 82.7 Å². The van der Waals surface area contributed by atoms with E-state index in [2.05, 4.69) is 49.9 Å². The second-order valence-electron chi connectivity index (χ2n) is 12.8. The molecule has 0 saturated carbocycles. The number of nitrogens with one attached hydrogen (secondary N) is 3. The lowest BCUT2D eigenvalue weighted by molar-refractivity contribution is -0.160. The van der Waals surface area contributed by atoms with Crippen LogP contribution in [0, 0.1) is 11.7 Å². The van der Waals surface area contributed by atoms with Crippen molar-refractivity contribution >= 4 is 35.0 Å². The third-order valence-electron chi connectivity index (χ3n) is 8.20. The van der Waals surface area contributed by atoms with Gasteiger partial charge in [-0.25, -0.2) is 19.3 Å². The summed E-state index contributed by atoms with van der Waals surface area (Å²) in [4.78, 5) is 42.5. The van der Waals surface area contributed by atoms with E-state index in [4.69, 9.17) is 9.72 Å². The molecular weight excluding hydrogens is 573 g/mol. The monoisotopic (exact) mass is 617 g/mol. The van der Waals surface area contributed by atoms with E-state index in [0.29, 0.717) is 23.8 Å². The van der Waals surface area contributed by atoms with Crippen molar-refractivity contribution in [2.45, 2.75) is 77.7 Å². The molecule has 45 heavy (non-hydrogen) atoms. The minimum Gasteiger partial charge on any atom is -0.460 e. The van der Waals surface area contributed by atoms with Crippen molar-refractivity contribution in [3.63, 3.8) is 0 Å². The Labute approximate surface area is 264 Å². The fourth-order valence-corrected chi connectivity index (χ4v) is 5.96. The van der Waals surface area contributed by atoms with Crippen molar-refractivity contribution in [1.29, 1.82) is 0 Å². The molecule has 1 atom stereocenters. The van der Waals surface area contributed by atoms with Gasteiger partial charge in [0.15, 0.2) is 0 Å². The summed E-state index contributed by atoms with van der Waals surface area (Å²) in [6, 6.07) is 10.1. The van der Waals surface area contributed by atoms with Crippen LogP contribution in [0.3, 0.4) is 0 Å². The molecule has 240 valence electrons. The first-order valence-corrected chi connectivity index (χ1v) is 15.9. The molecule has 4 heterocycles. The van der Waals surface area contributed by atoms with Crippen LogP contribution in [0.15, 0.2) is 42.7 Å². The highest BCUT2D eigenvalue weighted by molar-refractivity contribution is 5.93. The number of amides is 1. The second-order valence-corrected chi connectivity index (χ2v) is 12.8. The number of carbonyl (C=O) groups excluding carboxylic acids is 2. The van der Waals surface area contributed by atoms with Crippen LogP contribution in [0.5, 0.6) is 0 Å². The van der Waals surface area contributed by atoms with Crippen LogP contribution in [0.2, 0.25) is 0 Å². The van der Waals surface area contributed by atoms with E-state index < -0.39 is 29.2 Å². The normalized spacial score (nSPS) is 15.9. The molecule has 3 N–H and O–H groups in total. The maximum absolute atomic E-state index is 13.6. The summed E-state index contributed by atoms with van der Waals surface area (Å²) in [5, 5.41) is 9.44. The number of aryl methyl sites for hydroxylation is 1. The number of carbonyl (C=O) groups is 2. The quantitative estimate of drug-likeness (QED) is 0.246. The maximum Gasteiger partial charge on any atom is 0.311 e. The number of pyridine rings is 1. The Kier molecular flexibility index (Phi) is 10.1. The number of hydrogen-bond acceptors (Lipinski definition) is 9. The van der Waals surface area contributed by atoms with Gasteiger partial charge >= 0.3 is 5.97 Å². The Hall–Kier alpha value is -4.28. The maximum atomic E-state index is 13.6. The fraction of sp³-hybridized carbons (Fsp3) is 0.500. The third-order valence-corrected chi connectivity index (χ3v) is 8.20. The molecule has 11 heteroatoms. The number of ether oxygens (including phenoxy) is 1. The van der Waals surface area contributed by atoms with Crippen molar-refractivity contribution in [1.82, 2.24) is 15.0 Å². The van der Waals surface area contributed by atoms with Gasteiger partial charge in [0, 0.05) is 55.5 Å². The Balaban J connectivity index is 1.25. The van der Waals surface area contributed by atoms with Gasteiger partial charge in [0.2, 0.25) is 5.91 Å². The zero-order valence-corrected chi connectivity index (χ0v) is 26.7. The Morgan fingerprint density at radius 3 is 2.69 bits per heavy atom. The summed E-state index contributed by atoms with van der Waals surface area (Å²) in [5.74, 6) is 0.786. The molecule has 0 unspecified atom stereocenters. The van der Waals surface area contributed by atoms with Crippen molar-refractivity contribution in [3.05, 3.63) is 65.4 Å². The Morgan fingerprint density at radius 1 is 1.16 bits per heavy atom. The lowest BCUT2D eigenvalue weighted by Gasteiger charge is -2.34. The molecule has 2 aromatic heterocycles. The SMILES string of the molecule is CCc1c(NC[C@H](CC(=O)Nc2cccc(F)c2)C(=O)OC(C)(C)C)ncnc1N1CCC(c2ccc3c(n2)NCCC3)CC1. The highest BCUT2D eigenvalue weighted by Crippen LogP contribution is 2.33. The van der Waals surface area contributed by atoms with E-state index in [1.807, 2.05) is 0 Å². The predicted octanol–water partition coefficient (Wildman–Crippen LogP) is 5.71. The van der Waals surface area contributed by atoms with Crippen LogP contribution in [-0.4, -0.2) is 58.6 Å². The molecule has 0 aliphatic carbocycles. The van der Waals surface area contributed by atoms with E-state index in [1.165, 1.54) is 23.8 Å². The number of fused-ring (bicyclic) bond motifs is 1. The minimum atomic E-state index is -0.796. The summed E-state index contributed by atoms with van der Waals surface area (Å²) >= 11 is 0. The number of nitrogens with zero attached hydrogens (tertiary/aromatic N) is 4. The largest absolute Gasteiger partial charge is 0.460 e. The van der Waals surface area contributed by atoms with Crippen LogP contribution < -0.4 is 20.9 Å². The standard InChI is InChI=1S/C34H44FN7O3/c1-5-27-31(37-20-24(33(44)45-34(2,3)4)18-29(43)40-26-10-6-9-25(35)19-26)38-21-39-32(27)42-16-13-22(14-17-42)28-12-11-23-8-7-15-36-30(23)41-28/h6,9-12,19,21-22,24H,5,7-8,13-18,20H2,1-4H3,(H,36,41)(H,40,43)(H,37,38,39)/t24-/m0/s1. The molecule has 0 radical (unpaired) electrons. The molecule has 2 aliphatic heterocycles. The van der Waals surface area contributed by atoms with Crippen LogP contribution in [0.4, 0.5) is 27.5 Å². The number of piperidine rings is 1. The number of benzene rings is 1. The van der Waals surface area contributed by atoms with Gasteiger partial charge in [-0.15, -0.1) is 0 Å². The summed E-state index contributed by atoms with van der Waals surface area (Å²) < 4.78 is 19.3. The molecule has 1 aromatic carbocycles. The molecule has 3 aromatic rings. The third kappa shape index (κ3) is 8.46. The fourth-order valence-electron chi connectivity index (χ4n) is 5.96. The van der Waals surface area contributed by atoms with Crippen molar-refractivity contribution in [3.8, 4) is 0 Å². The van der Waals surface area contributed by atoms with Crippen LogP contribution >= 0.6 is 0 Å². The van der Waals surface area contributed by atoms with Crippen LogP contribution in [-0.2, 0) is 27.2 Å². The van der Waals surface area contributed by atoms with Gasteiger partial charge in [0.1, 0.15) is 35.2 Å². The van der Waals surface area contributed by atoms with E-state index in [0.717, 1.165) is 68.2 Å². The second kappa shape index (κ2) is 14.2. The van der Waals surface area contributed by atoms with Gasteiger partial charge in [0.05, 0.1) is 5.92 Å². The first-order chi connectivity index (χ1) is 21.6. The lowest BCUT2D eigenvalue weighted by atomic mass is 9.92. The molecular formula is C34H44FN7O3. The van der Waals surface area contributed by atoms with Crippen molar-refractivity contribution < 1.29 is 18.7 Å². The minimum absolute atomic E-state index is 0.134. The average Bonchev–Trinajstić information content (AvgIpc) is 3.01. The van der Waals surface area contributed by atoms with Gasteiger partial charge in [-0.1, -0.05) is 19.1 Å². The molecule has 0 bridgehead atoms. The number of anilines is 4. The topological polar surface area (TPSA) is 121 Å². The van der Waals surface area contributed by atoms with E-state index in [9.17, 15) is 14.0 Å². The number of esters is 1. The zero-order valence-electron chi connectivity index (χ0n) is 26.7. The zero-order chi connectivity index (χ0) is 32.0.